The Morgan fingerprint density at radius 2 is 2.00 bits per heavy atom. The Morgan fingerprint density at radius 1 is 1.37 bits per heavy atom. The Morgan fingerprint density at radius 3 is 2.58 bits per heavy atom. The van der Waals surface area contributed by atoms with Crippen molar-refractivity contribution in [3.8, 4) is 0 Å². The molecule has 0 aliphatic carbocycles. The van der Waals surface area contributed by atoms with E-state index in [2.05, 4.69) is 26.6 Å². The smallest absolute Gasteiger partial charge is 0.312 e. The number of hydrogen-bond donors (Lipinski definition) is 3. The molecule has 5 nitrogen and oxygen atoms in total. The summed E-state index contributed by atoms with van der Waals surface area (Å²) in [7, 11) is 0. The van der Waals surface area contributed by atoms with Crippen molar-refractivity contribution in [2.45, 2.75) is 17.9 Å². The van der Waals surface area contributed by atoms with Gasteiger partial charge in [-0.15, -0.1) is 11.8 Å². The first-order valence-electron chi connectivity index (χ1n) is 5.71. The average Bonchev–Trinajstić information content (AvgIpc) is 2.35. The molecule has 0 saturated heterocycles. The molecule has 0 saturated carbocycles. The third-order valence-electron chi connectivity index (χ3n) is 2.24. The first kappa shape index (κ1) is 15.8. The number of hydrogen-bond acceptors (Lipinski definition) is 3. The first-order valence-corrected chi connectivity index (χ1v) is 7.49. The topological polar surface area (TPSA) is 84.2 Å². The molecule has 19 heavy (non-hydrogen) atoms. The van der Waals surface area contributed by atoms with E-state index >= 15 is 0 Å². The van der Waals surface area contributed by atoms with Crippen LogP contribution in [0.2, 0.25) is 0 Å². The van der Waals surface area contributed by atoms with E-state index in [9.17, 15) is 9.59 Å². The molecule has 1 aromatic carbocycles. The number of carbonyl (C=O) groups is 2. The SMILES string of the molecule is CC(NC(N)=O)C(=O)NCCSc1ccc(Br)cc1. The maximum Gasteiger partial charge on any atom is 0.312 e. The highest BCUT2D eigenvalue weighted by molar-refractivity contribution is 9.10. The summed E-state index contributed by atoms with van der Waals surface area (Å²) in [6.45, 7) is 2.12. The van der Waals surface area contributed by atoms with Crippen molar-refractivity contribution >= 4 is 39.6 Å². The van der Waals surface area contributed by atoms with Gasteiger partial charge in [0.15, 0.2) is 0 Å². The second kappa shape index (κ2) is 8.06. The highest BCUT2D eigenvalue weighted by Gasteiger charge is 2.12. The summed E-state index contributed by atoms with van der Waals surface area (Å²) in [5, 5.41) is 5.05. The highest BCUT2D eigenvalue weighted by Crippen LogP contribution is 2.19. The lowest BCUT2D eigenvalue weighted by atomic mass is 10.3. The minimum absolute atomic E-state index is 0.241. The number of benzene rings is 1. The molecule has 0 spiro atoms. The van der Waals surface area contributed by atoms with Gasteiger partial charge in [0.1, 0.15) is 6.04 Å². The Hall–Kier alpha value is -1.21. The highest BCUT2D eigenvalue weighted by atomic mass is 79.9. The molecule has 0 radical (unpaired) electrons. The van der Waals surface area contributed by atoms with Gasteiger partial charge in [0.05, 0.1) is 0 Å². The van der Waals surface area contributed by atoms with Gasteiger partial charge in [-0.1, -0.05) is 15.9 Å². The van der Waals surface area contributed by atoms with Gasteiger partial charge in [-0.3, -0.25) is 4.79 Å². The van der Waals surface area contributed by atoms with Gasteiger partial charge >= 0.3 is 6.03 Å². The van der Waals surface area contributed by atoms with E-state index in [4.69, 9.17) is 5.73 Å². The number of nitrogens with two attached hydrogens (primary N) is 1. The van der Waals surface area contributed by atoms with Crippen LogP contribution in [0.3, 0.4) is 0 Å². The molecule has 1 unspecified atom stereocenters. The number of nitrogens with one attached hydrogen (secondary N) is 2. The van der Waals surface area contributed by atoms with Gasteiger partial charge in [0.25, 0.3) is 0 Å². The fourth-order valence-corrected chi connectivity index (χ4v) is 2.34. The van der Waals surface area contributed by atoms with Crippen LogP contribution < -0.4 is 16.4 Å². The monoisotopic (exact) mass is 345 g/mol. The van der Waals surface area contributed by atoms with Crippen molar-refractivity contribution in [2.75, 3.05) is 12.3 Å². The number of urea groups is 1. The number of amides is 3. The molecule has 0 aliphatic rings. The largest absolute Gasteiger partial charge is 0.353 e. The quantitative estimate of drug-likeness (QED) is 0.542. The molecular weight excluding hydrogens is 330 g/mol. The second-order valence-corrected chi connectivity index (χ2v) is 5.91. The van der Waals surface area contributed by atoms with Gasteiger partial charge in [-0.2, -0.15) is 0 Å². The number of rotatable bonds is 6. The lowest BCUT2D eigenvalue weighted by molar-refractivity contribution is -0.122. The van der Waals surface area contributed by atoms with Crippen LogP contribution in [0, 0.1) is 0 Å². The van der Waals surface area contributed by atoms with Crippen molar-refractivity contribution in [2.24, 2.45) is 5.73 Å². The van der Waals surface area contributed by atoms with Crippen molar-refractivity contribution in [3.63, 3.8) is 0 Å². The molecule has 104 valence electrons. The zero-order chi connectivity index (χ0) is 14.3. The molecule has 4 N–H and O–H groups in total. The van der Waals surface area contributed by atoms with E-state index in [1.807, 2.05) is 24.3 Å². The summed E-state index contributed by atoms with van der Waals surface area (Å²) in [5.74, 6) is 0.520. The van der Waals surface area contributed by atoms with Crippen molar-refractivity contribution in [1.29, 1.82) is 0 Å². The molecule has 1 rings (SSSR count). The van der Waals surface area contributed by atoms with Crippen molar-refractivity contribution in [3.05, 3.63) is 28.7 Å². The first-order chi connectivity index (χ1) is 8.99. The van der Waals surface area contributed by atoms with E-state index in [1.165, 1.54) is 0 Å². The Kier molecular flexibility index (Phi) is 6.72. The molecule has 1 atom stereocenters. The van der Waals surface area contributed by atoms with E-state index in [-0.39, 0.29) is 5.91 Å². The summed E-state index contributed by atoms with van der Waals surface area (Å²) in [6.07, 6.45) is 0. The van der Waals surface area contributed by atoms with Crippen LogP contribution in [0.25, 0.3) is 0 Å². The van der Waals surface area contributed by atoms with Crippen LogP contribution in [0.4, 0.5) is 4.79 Å². The standard InChI is InChI=1S/C12H16BrN3O2S/c1-8(16-12(14)18)11(17)15-6-7-19-10-4-2-9(13)3-5-10/h2-5,8H,6-7H2,1H3,(H,15,17)(H3,14,16,18). The van der Waals surface area contributed by atoms with Gasteiger partial charge in [0.2, 0.25) is 5.91 Å². The normalized spacial score (nSPS) is 11.7. The summed E-state index contributed by atoms with van der Waals surface area (Å²) in [4.78, 5) is 23.3. The summed E-state index contributed by atoms with van der Waals surface area (Å²) >= 11 is 5.02. The van der Waals surface area contributed by atoms with Crippen LogP contribution in [-0.4, -0.2) is 30.3 Å². The lowest BCUT2D eigenvalue weighted by Crippen LogP contribution is -2.47. The van der Waals surface area contributed by atoms with E-state index in [0.717, 1.165) is 15.1 Å². The predicted octanol–water partition coefficient (Wildman–Crippen LogP) is 1.71. The number of halogens is 1. The van der Waals surface area contributed by atoms with Crippen LogP contribution in [-0.2, 0) is 4.79 Å². The third-order valence-corrected chi connectivity index (χ3v) is 3.78. The molecule has 7 heteroatoms. The molecule has 0 heterocycles. The van der Waals surface area contributed by atoms with Crippen LogP contribution in [0.5, 0.6) is 0 Å². The third kappa shape index (κ3) is 6.49. The minimum atomic E-state index is -0.702. The predicted molar refractivity (Wildman–Crippen MR) is 80.1 cm³/mol. The van der Waals surface area contributed by atoms with Crippen molar-refractivity contribution in [1.82, 2.24) is 10.6 Å². The maximum absolute atomic E-state index is 11.5. The van der Waals surface area contributed by atoms with Crippen LogP contribution >= 0.6 is 27.7 Å². The maximum atomic E-state index is 11.5. The Balaban J connectivity index is 2.21. The van der Waals surface area contributed by atoms with E-state index in [0.29, 0.717) is 6.54 Å². The average molecular weight is 346 g/mol. The fourth-order valence-electron chi connectivity index (χ4n) is 1.31. The zero-order valence-electron chi connectivity index (χ0n) is 10.5. The van der Waals surface area contributed by atoms with E-state index in [1.54, 1.807) is 18.7 Å². The number of thioether (sulfide) groups is 1. The van der Waals surface area contributed by atoms with E-state index < -0.39 is 12.1 Å². The molecule has 0 aliphatic heterocycles. The summed E-state index contributed by atoms with van der Waals surface area (Å²) in [6, 6.07) is 6.64. The number of primary amides is 1. The molecule has 0 aromatic heterocycles. The van der Waals surface area contributed by atoms with Crippen LogP contribution in [0.1, 0.15) is 6.92 Å². The molecular formula is C12H16BrN3O2S. The lowest BCUT2D eigenvalue weighted by Gasteiger charge is -2.12. The molecule has 3 amide bonds. The van der Waals surface area contributed by atoms with Gasteiger partial charge in [0, 0.05) is 21.7 Å². The fraction of sp³-hybridized carbons (Fsp3) is 0.333. The summed E-state index contributed by atoms with van der Waals surface area (Å²) < 4.78 is 1.04. The zero-order valence-corrected chi connectivity index (χ0v) is 12.9. The molecule has 0 bridgehead atoms. The van der Waals surface area contributed by atoms with Gasteiger partial charge in [-0.25, -0.2) is 4.79 Å². The Bertz CT molecular complexity index is 439. The second-order valence-electron chi connectivity index (χ2n) is 3.82. The van der Waals surface area contributed by atoms with Gasteiger partial charge < -0.3 is 16.4 Å². The number of carbonyl (C=O) groups excluding carboxylic acids is 2. The molecule has 1 aromatic rings. The van der Waals surface area contributed by atoms with Gasteiger partial charge in [-0.05, 0) is 31.2 Å². The minimum Gasteiger partial charge on any atom is -0.353 e. The van der Waals surface area contributed by atoms with Crippen molar-refractivity contribution < 1.29 is 9.59 Å². The summed E-state index contributed by atoms with van der Waals surface area (Å²) in [5.41, 5.74) is 4.94. The van der Waals surface area contributed by atoms with Crippen LogP contribution in [0.15, 0.2) is 33.6 Å². The Labute approximate surface area is 124 Å². The molecule has 0 fully saturated rings.